The highest BCUT2D eigenvalue weighted by molar-refractivity contribution is 5.98. The minimum atomic E-state index is -2.04. The third-order valence-electron chi connectivity index (χ3n) is 5.54. The standard InChI is InChI=1S/C21H23FN6O5/c1-3-33-21(12(2)29)16(10-23)17(8-9-27(21)20(31)32)28-11-15(18(24)30)19(26-28)25-14-6-4-13(22)5-7-14/h4-7,11,16-17H,3,8-9H2,1-2H3,(H2,24,30)(H,25,26)(H,31,32). The zero-order valence-electron chi connectivity index (χ0n) is 18.0. The number of hydrogen-bond acceptors (Lipinski definition) is 7. The lowest BCUT2D eigenvalue weighted by atomic mass is 9.80. The van der Waals surface area contributed by atoms with Crippen LogP contribution >= 0.6 is 0 Å². The normalized spacial score (nSPS) is 22.4. The Bertz CT molecular complexity index is 1110. The molecule has 0 spiro atoms. The fourth-order valence-corrected chi connectivity index (χ4v) is 4.12. The van der Waals surface area contributed by atoms with Crippen LogP contribution in [0.3, 0.4) is 0 Å². The van der Waals surface area contributed by atoms with Crippen molar-refractivity contribution in [1.29, 1.82) is 5.26 Å². The van der Waals surface area contributed by atoms with Gasteiger partial charge in [-0.15, -0.1) is 0 Å². The van der Waals surface area contributed by atoms with Gasteiger partial charge in [-0.05, 0) is 44.5 Å². The second-order valence-corrected chi connectivity index (χ2v) is 7.45. The average molecular weight is 458 g/mol. The summed E-state index contributed by atoms with van der Waals surface area (Å²) in [6.07, 6.45) is 0.0631. The van der Waals surface area contributed by atoms with E-state index in [1.807, 2.05) is 6.07 Å². The topological polar surface area (TPSA) is 164 Å². The van der Waals surface area contributed by atoms with Gasteiger partial charge in [-0.1, -0.05) is 0 Å². The van der Waals surface area contributed by atoms with Crippen molar-refractivity contribution in [3.63, 3.8) is 0 Å². The van der Waals surface area contributed by atoms with E-state index in [-0.39, 0.29) is 31.0 Å². The van der Waals surface area contributed by atoms with Gasteiger partial charge < -0.3 is 20.9 Å². The number of nitrogens with one attached hydrogen (secondary N) is 1. The molecule has 1 aliphatic heterocycles. The van der Waals surface area contributed by atoms with Crippen LogP contribution in [0.4, 0.5) is 20.7 Å². The largest absolute Gasteiger partial charge is 0.465 e. The van der Waals surface area contributed by atoms with E-state index < -0.39 is 41.3 Å². The molecule has 4 N–H and O–H groups in total. The van der Waals surface area contributed by atoms with E-state index in [0.717, 1.165) is 11.8 Å². The molecule has 0 radical (unpaired) electrons. The lowest BCUT2D eigenvalue weighted by Crippen LogP contribution is -2.66. The van der Waals surface area contributed by atoms with Crippen LogP contribution in [0.1, 0.15) is 36.7 Å². The fourth-order valence-electron chi connectivity index (χ4n) is 4.12. The van der Waals surface area contributed by atoms with Crippen LogP contribution in [-0.4, -0.2) is 56.4 Å². The molecule has 3 rings (SSSR count). The number of carbonyl (C=O) groups is 3. The maximum Gasteiger partial charge on any atom is 0.409 e. The van der Waals surface area contributed by atoms with Gasteiger partial charge in [0.05, 0.1) is 12.1 Å². The van der Waals surface area contributed by atoms with E-state index in [1.165, 1.54) is 35.1 Å². The molecular weight excluding hydrogens is 435 g/mol. The number of amides is 2. The molecule has 174 valence electrons. The van der Waals surface area contributed by atoms with Gasteiger partial charge in [-0.3, -0.25) is 19.2 Å². The molecule has 2 heterocycles. The lowest BCUT2D eigenvalue weighted by molar-refractivity contribution is -0.194. The number of carboxylic acid groups (broad SMARTS) is 1. The number of hydrogen-bond donors (Lipinski definition) is 3. The zero-order chi connectivity index (χ0) is 24.3. The van der Waals surface area contributed by atoms with Crippen molar-refractivity contribution in [3.8, 4) is 6.07 Å². The highest BCUT2D eigenvalue weighted by Crippen LogP contribution is 2.42. The van der Waals surface area contributed by atoms with Gasteiger partial charge in [-0.25, -0.2) is 9.18 Å². The number of benzene rings is 1. The number of primary amides is 1. The van der Waals surface area contributed by atoms with Crippen molar-refractivity contribution in [3.05, 3.63) is 41.8 Å². The molecule has 0 aliphatic carbocycles. The fraction of sp³-hybridized carbons (Fsp3) is 0.381. The summed E-state index contributed by atoms with van der Waals surface area (Å²) < 4.78 is 20.2. The Kier molecular flexibility index (Phi) is 6.64. The summed E-state index contributed by atoms with van der Waals surface area (Å²) in [6, 6.07) is 6.55. The van der Waals surface area contributed by atoms with Gasteiger partial charge in [0.2, 0.25) is 5.72 Å². The van der Waals surface area contributed by atoms with Gasteiger partial charge in [0.1, 0.15) is 17.3 Å². The Hall–Kier alpha value is -3.98. The Labute approximate surface area is 188 Å². The number of piperidine rings is 1. The monoisotopic (exact) mass is 458 g/mol. The first-order valence-electron chi connectivity index (χ1n) is 10.1. The van der Waals surface area contributed by atoms with Gasteiger partial charge >= 0.3 is 6.09 Å². The molecule has 33 heavy (non-hydrogen) atoms. The van der Waals surface area contributed by atoms with E-state index in [9.17, 15) is 29.1 Å². The zero-order valence-corrected chi connectivity index (χ0v) is 18.0. The number of nitriles is 1. The Morgan fingerprint density at radius 1 is 1.39 bits per heavy atom. The number of likely N-dealkylation sites (tertiary alicyclic amines) is 1. The summed E-state index contributed by atoms with van der Waals surface area (Å²) in [6.45, 7) is 2.63. The molecule has 1 aromatic heterocycles. The number of anilines is 2. The summed E-state index contributed by atoms with van der Waals surface area (Å²) in [7, 11) is 0. The van der Waals surface area contributed by atoms with Crippen LogP contribution in [0.5, 0.6) is 0 Å². The van der Waals surface area contributed by atoms with Crippen molar-refractivity contribution in [1.82, 2.24) is 14.7 Å². The van der Waals surface area contributed by atoms with Gasteiger partial charge in [-0.2, -0.15) is 10.4 Å². The van der Waals surface area contributed by atoms with Crippen LogP contribution in [0.15, 0.2) is 30.5 Å². The van der Waals surface area contributed by atoms with Crippen molar-refractivity contribution in [2.75, 3.05) is 18.5 Å². The van der Waals surface area contributed by atoms with E-state index in [4.69, 9.17) is 10.5 Å². The first-order valence-corrected chi connectivity index (χ1v) is 10.1. The van der Waals surface area contributed by atoms with Gasteiger partial charge in [0.15, 0.2) is 11.6 Å². The number of carbonyl (C=O) groups excluding carboxylic acids is 2. The number of Topliss-reactive ketones (excluding diaryl/α,β-unsaturated/α-hetero) is 1. The molecule has 3 unspecified atom stereocenters. The molecule has 12 heteroatoms. The quantitative estimate of drug-likeness (QED) is 0.569. The van der Waals surface area contributed by atoms with Gasteiger partial charge in [0, 0.05) is 25.0 Å². The Balaban J connectivity index is 2.07. The molecule has 1 fully saturated rings. The molecular formula is C21H23FN6O5. The van der Waals surface area contributed by atoms with E-state index in [0.29, 0.717) is 5.69 Å². The van der Waals surface area contributed by atoms with Crippen molar-refractivity contribution in [2.24, 2.45) is 11.7 Å². The predicted molar refractivity (Wildman–Crippen MR) is 113 cm³/mol. The minimum Gasteiger partial charge on any atom is -0.465 e. The van der Waals surface area contributed by atoms with E-state index >= 15 is 0 Å². The number of nitrogens with zero attached hydrogens (tertiary/aromatic N) is 4. The summed E-state index contributed by atoms with van der Waals surface area (Å²) in [4.78, 5) is 37.5. The van der Waals surface area contributed by atoms with Crippen molar-refractivity contribution < 1.29 is 28.6 Å². The second-order valence-electron chi connectivity index (χ2n) is 7.45. The first kappa shape index (κ1) is 23.7. The Morgan fingerprint density at radius 3 is 2.58 bits per heavy atom. The third-order valence-corrected chi connectivity index (χ3v) is 5.54. The third kappa shape index (κ3) is 4.22. The predicted octanol–water partition coefficient (Wildman–Crippen LogP) is 2.25. The number of ketones is 1. The maximum absolute atomic E-state index is 13.2. The van der Waals surface area contributed by atoms with Crippen LogP contribution in [0.25, 0.3) is 0 Å². The molecule has 0 bridgehead atoms. The van der Waals surface area contributed by atoms with Crippen molar-refractivity contribution >= 4 is 29.3 Å². The van der Waals surface area contributed by atoms with Crippen molar-refractivity contribution in [2.45, 2.75) is 32.0 Å². The number of nitrogens with two attached hydrogens (primary N) is 1. The first-order chi connectivity index (χ1) is 15.6. The molecule has 0 saturated carbocycles. The number of rotatable bonds is 7. The SMILES string of the molecule is CCOC1(C(C)=O)C(C#N)C(n2cc(C(N)=O)c(Nc3ccc(F)cc3)n2)CCN1C(=O)O. The molecule has 11 nitrogen and oxygen atoms in total. The van der Waals surface area contributed by atoms with E-state index in [1.54, 1.807) is 6.92 Å². The highest BCUT2D eigenvalue weighted by Gasteiger charge is 2.58. The molecule has 3 atom stereocenters. The van der Waals surface area contributed by atoms with Crippen LogP contribution in [0.2, 0.25) is 0 Å². The lowest BCUT2D eigenvalue weighted by Gasteiger charge is -2.48. The van der Waals surface area contributed by atoms with Gasteiger partial charge in [0.25, 0.3) is 5.91 Å². The maximum atomic E-state index is 13.2. The second kappa shape index (κ2) is 9.25. The van der Waals surface area contributed by atoms with E-state index in [2.05, 4.69) is 10.4 Å². The Morgan fingerprint density at radius 2 is 2.06 bits per heavy atom. The van der Waals surface area contributed by atoms with Crippen LogP contribution in [-0.2, 0) is 9.53 Å². The number of aromatic nitrogens is 2. The summed E-state index contributed by atoms with van der Waals surface area (Å²) in [5, 5.41) is 26.9. The van der Waals surface area contributed by atoms with Crippen LogP contribution < -0.4 is 11.1 Å². The summed E-state index contributed by atoms with van der Waals surface area (Å²) in [5.41, 5.74) is 3.89. The molecule has 1 aliphatic rings. The minimum absolute atomic E-state index is 0.00140. The average Bonchev–Trinajstić information content (AvgIpc) is 3.18. The smallest absolute Gasteiger partial charge is 0.409 e. The summed E-state index contributed by atoms with van der Waals surface area (Å²) >= 11 is 0. The molecule has 2 amide bonds. The summed E-state index contributed by atoms with van der Waals surface area (Å²) in [5.74, 6) is -3.09. The highest BCUT2D eigenvalue weighted by atomic mass is 19.1. The molecule has 1 aromatic carbocycles. The molecule has 1 saturated heterocycles. The number of ether oxygens (including phenoxy) is 1. The number of halogens is 1. The van der Waals surface area contributed by atoms with Crippen LogP contribution in [0, 0.1) is 23.1 Å². The molecule has 2 aromatic rings.